The third-order valence-corrected chi connectivity index (χ3v) is 22.5. The van der Waals surface area contributed by atoms with E-state index in [0.717, 1.165) is 62.7 Å². The topological polar surface area (TPSA) is 443 Å². The number of hydrogen-bond acceptors (Lipinski definition) is 18. The number of thioether (sulfide) groups is 2. The highest BCUT2D eigenvalue weighted by Crippen LogP contribution is 2.46. The monoisotopic (exact) mass is 1530 g/mol. The SMILES string of the molecule is CCCCC1(CCCC)CN(c2ccccc2)c2cc(SC)c(OCC(=O)N[C@@H](C(=O)N[C@@H](CC)C(=O)O)c3ccc(O)cc3)cc2S(=O)(=O)N1.CCCCC1(CCCC)CN(c2ccccc2)c2cc(SC)c(OCC(=O)N[C@@H](C(=O)N[C@@H](CC)C(=O)O)c3ccc(O)cc3)cc2S(=O)(=O)N1.O.O.O. The molecule has 6 aromatic rings. The van der Waals surface area contributed by atoms with Crippen molar-refractivity contribution < 1.29 is 91.9 Å². The minimum Gasteiger partial charge on any atom is -0.508 e. The van der Waals surface area contributed by atoms with E-state index in [2.05, 4.69) is 68.2 Å². The predicted octanol–water partition coefficient (Wildman–Crippen LogP) is 9.28. The Hall–Kier alpha value is -8.66. The summed E-state index contributed by atoms with van der Waals surface area (Å²) in [7, 11) is -8.14. The van der Waals surface area contributed by atoms with Crippen LogP contribution in [0.25, 0.3) is 0 Å². The first-order chi connectivity index (χ1) is 48.7. The van der Waals surface area contributed by atoms with E-state index in [1.165, 1.54) is 84.2 Å². The van der Waals surface area contributed by atoms with Crippen molar-refractivity contribution in [1.29, 1.82) is 0 Å². The normalized spacial score (nSPS) is 15.4. The van der Waals surface area contributed by atoms with Gasteiger partial charge in [0.05, 0.1) is 32.2 Å². The fourth-order valence-electron chi connectivity index (χ4n) is 12.3. The van der Waals surface area contributed by atoms with Crippen molar-refractivity contribution in [3.05, 3.63) is 145 Å². The fourth-order valence-corrected chi connectivity index (χ4v) is 16.7. The highest BCUT2D eigenvalue weighted by atomic mass is 32.2. The molecular weight excluding hydrogens is 1430 g/mol. The van der Waals surface area contributed by atoms with E-state index in [1.807, 2.05) is 73.2 Å². The van der Waals surface area contributed by atoms with Gasteiger partial charge in [-0.3, -0.25) is 19.2 Å². The molecule has 576 valence electrons. The van der Waals surface area contributed by atoms with Crippen LogP contribution in [0, 0.1) is 0 Å². The van der Waals surface area contributed by atoms with Crippen LogP contribution in [0.1, 0.15) is 155 Å². The summed E-state index contributed by atoms with van der Waals surface area (Å²) < 4.78 is 75.3. The molecule has 4 atom stereocenters. The molecule has 16 N–H and O–H groups in total. The maximum absolute atomic E-state index is 14.3. The second-order valence-electron chi connectivity index (χ2n) is 25.3. The zero-order valence-corrected chi connectivity index (χ0v) is 63.7. The Balaban J connectivity index is 0.000000432. The molecule has 2 aliphatic heterocycles. The van der Waals surface area contributed by atoms with Gasteiger partial charge in [0.25, 0.3) is 11.8 Å². The summed E-state index contributed by atoms with van der Waals surface area (Å²) in [6.07, 6.45) is 13.6. The van der Waals surface area contributed by atoms with E-state index in [1.54, 1.807) is 26.0 Å². The van der Waals surface area contributed by atoms with Gasteiger partial charge in [0.2, 0.25) is 31.9 Å². The molecule has 0 saturated heterocycles. The van der Waals surface area contributed by atoms with E-state index < -0.39 is 104 Å². The van der Waals surface area contributed by atoms with Crippen LogP contribution >= 0.6 is 23.5 Å². The van der Waals surface area contributed by atoms with Crippen LogP contribution in [-0.4, -0.2) is 151 Å². The lowest BCUT2D eigenvalue weighted by molar-refractivity contribution is -0.142. The zero-order chi connectivity index (χ0) is 74.4. The summed E-state index contributed by atoms with van der Waals surface area (Å²) in [6, 6.07) is 32.0. The number of carbonyl (C=O) groups excluding carboxylic acids is 4. The number of phenolic OH excluding ortho intramolecular Hbond substituents is 2. The molecule has 0 radical (unpaired) electrons. The molecule has 2 heterocycles. The molecule has 6 aromatic carbocycles. The first-order valence-corrected chi connectivity index (χ1v) is 39.8. The number of unbranched alkanes of at least 4 members (excludes halogenated alkanes) is 4. The minimum atomic E-state index is -4.07. The highest BCUT2D eigenvalue weighted by molar-refractivity contribution is 7.99. The molecule has 105 heavy (non-hydrogen) atoms. The van der Waals surface area contributed by atoms with Gasteiger partial charge in [0.15, 0.2) is 13.2 Å². The maximum atomic E-state index is 14.3. The van der Waals surface area contributed by atoms with Crippen molar-refractivity contribution in [2.75, 3.05) is 48.6 Å². The van der Waals surface area contributed by atoms with E-state index in [0.29, 0.717) is 71.1 Å². The zero-order valence-electron chi connectivity index (χ0n) is 60.5. The van der Waals surface area contributed by atoms with Crippen LogP contribution in [-0.2, 0) is 48.8 Å². The third kappa shape index (κ3) is 23.7. The summed E-state index contributed by atoms with van der Waals surface area (Å²) in [5, 5.41) is 48.5. The number of ether oxygens (including phenoxy) is 2. The van der Waals surface area contributed by atoms with Crippen molar-refractivity contribution in [1.82, 2.24) is 30.7 Å². The van der Waals surface area contributed by atoms with Gasteiger partial charge in [-0.05, 0) is 123 Å². The molecule has 27 nitrogen and oxygen atoms in total. The van der Waals surface area contributed by atoms with Crippen LogP contribution < -0.4 is 50.0 Å². The Morgan fingerprint density at radius 3 is 1.08 bits per heavy atom. The Morgan fingerprint density at radius 1 is 0.486 bits per heavy atom. The van der Waals surface area contributed by atoms with Crippen molar-refractivity contribution >= 4 is 102 Å². The first-order valence-electron chi connectivity index (χ1n) is 34.4. The molecule has 0 saturated carbocycles. The second-order valence-corrected chi connectivity index (χ2v) is 30.3. The Labute approximate surface area is 623 Å². The van der Waals surface area contributed by atoms with Gasteiger partial charge in [0.1, 0.15) is 57.0 Å². The van der Waals surface area contributed by atoms with E-state index in [4.69, 9.17) is 9.47 Å². The Bertz CT molecular complexity index is 3790. The number of anilines is 4. The lowest BCUT2D eigenvalue weighted by atomic mass is 9.87. The van der Waals surface area contributed by atoms with Crippen LogP contribution in [0.5, 0.6) is 23.0 Å². The van der Waals surface area contributed by atoms with Gasteiger partial charge in [-0.1, -0.05) is 154 Å². The van der Waals surface area contributed by atoms with Crippen LogP contribution in [0.15, 0.2) is 153 Å². The summed E-state index contributed by atoms with van der Waals surface area (Å²) in [4.78, 5) is 81.7. The number of nitrogens with zero attached hydrogens (tertiary/aromatic N) is 2. The molecule has 0 unspecified atom stereocenters. The van der Waals surface area contributed by atoms with Gasteiger partial charge >= 0.3 is 11.9 Å². The van der Waals surface area contributed by atoms with Crippen molar-refractivity contribution in [3.8, 4) is 23.0 Å². The number of benzene rings is 6. The quantitative estimate of drug-likeness (QED) is 0.0168. The van der Waals surface area contributed by atoms with E-state index in [9.17, 15) is 66.0 Å². The number of nitrogens with one attached hydrogen (secondary N) is 6. The minimum absolute atomic E-state index is 0. The van der Waals surface area contributed by atoms with Crippen molar-refractivity contribution in [3.63, 3.8) is 0 Å². The van der Waals surface area contributed by atoms with Crippen LogP contribution in [0.2, 0.25) is 0 Å². The third-order valence-electron chi connectivity index (χ3n) is 17.8. The van der Waals surface area contributed by atoms with Gasteiger partial charge in [-0.2, -0.15) is 0 Å². The number of carbonyl (C=O) groups is 6. The highest BCUT2D eigenvalue weighted by Gasteiger charge is 2.44. The lowest BCUT2D eigenvalue weighted by Gasteiger charge is -2.37. The first kappa shape index (κ1) is 88.7. The van der Waals surface area contributed by atoms with Crippen molar-refractivity contribution in [2.24, 2.45) is 0 Å². The number of para-hydroxylation sites is 2. The fraction of sp³-hybridized carbons (Fsp3) is 0.432. The smallest absolute Gasteiger partial charge is 0.326 e. The number of sulfonamides is 2. The van der Waals surface area contributed by atoms with Gasteiger partial charge in [-0.25, -0.2) is 35.9 Å². The van der Waals surface area contributed by atoms with E-state index >= 15 is 0 Å². The second kappa shape index (κ2) is 41.3. The summed E-state index contributed by atoms with van der Waals surface area (Å²) in [5.74, 6) is -5.14. The number of hydrogen-bond donors (Lipinski definition) is 10. The molecule has 8 rings (SSSR count). The number of carboxylic acids is 2. The lowest BCUT2D eigenvalue weighted by Crippen LogP contribution is -2.53. The average molecular weight is 1540 g/mol. The molecule has 0 fully saturated rings. The molecule has 2 aliphatic rings. The number of aliphatic carboxylic acids is 2. The van der Waals surface area contributed by atoms with E-state index in [-0.39, 0.29) is 62.1 Å². The summed E-state index contributed by atoms with van der Waals surface area (Å²) in [5.41, 5.74) is 1.87. The maximum Gasteiger partial charge on any atom is 0.326 e. The molecule has 0 aromatic heterocycles. The Kier molecular flexibility index (Phi) is 34.9. The number of amides is 4. The average Bonchev–Trinajstić information content (AvgIpc) is 1.64. The van der Waals surface area contributed by atoms with Crippen LogP contribution in [0.4, 0.5) is 22.7 Å². The van der Waals surface area contributed by atoms with Gasteiger partial charge in [-0.15, -0.1) is 23.5 Å². The van der Waals surface area contributed by atoms with Gasteiger partial charge in [0, 0.05) is 36.6 Å². The summed E-state index contributed by atoms with van der Waals surface area (Å²) in [6.45, 7) is 11.3. The number of fused-ring (bicyclic) bond motifs is 2. The molecule has 0 bridgehead atoms. The Morgan fingerprint density at radius 2 is 0.800 bits per heavy atom. The number of carboxylic acid groups (broad SMARTS) is 2. The summed E-state index contributed by atoms with van der Waals surface area (Å²) >= 11 is 2.68. The van der Waals surface area contributed by atoms with Crippen molar-refractivity contribution in [2.45, 2.75) is 186 Å². The molecule has 4 amide bonds. The largest absolute Gasteiger partial charge is 0.508 e. The molecular formula is C74H102N8O19S4. The number of phenols is 2. The van der Waals surface area contributed by atoms with Gasteiger partial charge < -0.3 is 77.4 Å². The predicted molar refractivity (Wildman–Crippen MR) is 407 cm³/mol. The number of aromatic hydroxyl groups is 2. The molecule has 0 aliphatic carbocycles. The standard InChI is InChI=1S/2C37H48N4O8S2.3H2O/c2*1-5-8-19-37(20-9-6-2)24-41(26-13-11-10-12-14-26)29-21-31(50-4)30(22-32(29)51(47,48)40-37)49-23-33(43)39-34(25-15-17-27(42)18-16-25)35(44)38-28(7-3)36(45)46;;;/h2*10-18,21-22,28,34,40,42H,5-9,19-20,23-24H2,1-4H3,(H,38,44)(H,39,43)(H,45,46);3*1H2/t2*28-,34+;;;/m00.../s1. The molecule has 0 spiro atoms. The van der Waals surface area contributed by atoms with Crippen LogP contribution in [0.3, 0.4) is 0 Å². The molecule has 31 heteroatoms. The number of rotatable bonds is 34.